The van der Waals surface area contributed by atoms with Crippen LogP contribution in [0.5, 0.6) is 0 Å². The van der Waals surface area contributed by atoms with Crippen LogP contribution in [-0.2, 0) is 18.4 Å². The van der Waals surface area contributed by atoms with Crippen LogP contribution in [0.2, 0.25) is 0 Å². The van der Waals surface area contributed by atoms with Crippen LogP contribution >= 0.6 is 0 Å². The zero-order valence-electron chi connectivity index (χ0n) is 22.2. The minimum Gasteiger partial charge on any atom is -0.390 e. The standard InChI is InChI=1S/C31H30N6O3/c1-20-27(25(19-38)36-35-20)23-13-15-24(16-14-23)33-31(40)29(34-30(39)26-17-18-32-37(26)2)28(21-9-5-3-6-10-21)22-11-7-4-8-12-22/h3-18,28-29,38H,19H2,1-2H3,(H,33,40)(H,34,39)(H,35,36)/t29-/m0/s1. The first-order valence-corrected chi connectivity index (χ1v) is 12.9. The van der Waals surface area contributed by atoms with E-state index in [1.807, 2.05) is 79.7 Å². The van der Waals surface area contributed by atoms with Crippen LogP contribution in [0.4, 0.5) is 5.69 Å². The van der Waals surface area contributed by atoms with E-state index in [-0.39, 0.29) is 12.5 Å². The van der Waals surface area contributed by atoms with Crippen molar-refractivity contribution in [2.24, 2.45) is 7.05 Å². The first-order chi connectivity index (χ1) is 19.5. The molecule has 202 valence electrons. The fourth-order valence-corrected chi connectivity index (χ4v) is 4.93. The molecular formula is C31H30N6O3. The van der Waals surface area contributed by atoms with Crippen molar-refractivity contribution in [2.75, 3.05) is 5.32 Å². The van der Waals surface area contributed by atoms with Crippen LogP contribution in [0, 0.1) is 6.92 Å². The van der Waals surface area contributed by atoms with Crippen molar-refractivity contribution >= 4 is 17.5 Å². The molecule has 0 spiro atoms. The van der Waals surface area contributed by atoms with Crippen LogP contribution in [0.1, 0.15) is 38.9 Å². The Kier molecular flexibility index (Phi) is 7.84. The predicted octanol–water partition coefficient (Wildman–Crippen LogP) is 4.18. The first kappa shape index (κ1) is 26.6. The highest BCUT2D eigenvalue weighted by atomic mass is 16.3. The highest BCUT2D eigenvalue weighted by Gasteiger charge is 2.33. The molecule has 3 aromatic carbocycles. The van der Waals surface area contributed by atoms with Crippen LogP contribution in [-0.4, -0.2) is 42.9 Å². The number of nitrogens with zero attached hydrogens (tertiary/aromatic N) is 3. The number of H-pyrrole nitrogens is 1. The highest BCUT2D eigenvalue weighted by Crippen LogP contribution is 2.30. The third kappa shape index (κ3) is 5.55. The number of aryl methyl sites for hydroxylation is 2. The maximum atomic E-state index is 14.0. The number of aliphatic hydroxyl groups is 1. The summed E-state index contributed by atoms with van der Waals surface area (Å²) in [7, 11) is 1.68. The SMILES string of the molecule is Cc1n[nH]c(CO)c1-c1ccc(NC(=O)[C@@H](NC(=O)c2ccnn2C)C(c2ccccc2)c2ccccc2)cc1. The molecule has 2 amide bonds. The van der Waals surface area contributed by atoms with Crippen molar-refractivity contribution in [3.63, 3.8) is 0 Å². The van der Waals surface area contributed by atoms with Gasteiger partial charge in [-0.2, -0.15) is 10.2 Å². The number of carbonyl (C=O) groups is 2. The van der Waals surface area contributed by atoms with Crippen molar-refractivity contribution in [1.29, 1.82) is 0 Å². The fourth-order valence-electron chi connectivity index (χ4n) is 4.93. The molecule has 5 aromatic rings. The molecule has 9 heteroatoms. The van der Waals surface area contributed by atoms with Gasteiger partial charge in [0, 0.05) is 30.4 Å². The Morgan fingerprint density at radius 1 is 0.925 bits per heavy atom. The van der Waals surface area contributed by atoms with Gasteiger partial charge in [-0.15, -0.1) is 0 Å². The van der Waals surface area contributed by atoms with Gasteiger partial charge < -0.3 is 15.7 Å². The van der Waals surface area contributed by atoms with Gasteiger partial charge in [-0.3, -0.25) is 19.4 Å². The van der Waals surface area contributed by atoms with E-state index < -0.39 is 17.9 Å². The highest BCUT2D eigenvalue weighted by molar-refractivity contribution is 6.01. The van der Waals surface area contributed by atoms with E-state index in [0.717, 1.165) is 27.9 Å². The van der Waals surface area contributed by atoms with Crippen molar-refractivity contribution in [3.05, 3.63) is 125 Å². The molecule has 4 N–H and O–H groups in total. The van der Waals surface area contributed by atoms with E-state index in [2.05, 4.69) is 25.9 Å². The van der Waals surface area contributed by atoms with Crippen molar-refractivity contribution in [3.8, 4) is 11.1 Å². The van der Waals surface area contributed by atoms with Crippen LogP contribution in [0.3, 0.4) is 0 Å². The normalized spacial score (nSPS) is 11.8. The summed E-state index contributed by atoms with van der Waals surface area (Å²) in [6, 6.07) is 27.3. The van der Waals surface area contributed by atoms with Gasteiger partial charge in [0.2, 0.25) is 5.91 Å². The van der Waals surface area contributed by atoms with E-state index in [4.69, 9.17) is 0 Å². The van der Waals surface area contributed by atoms with Gasteiger partial charge in [0.1, 0.15) is 11.7 Å². The number of carbonyl (C=O) groups excluding carboxylic acids is 2. The second-order valence-electron chi connectivity index (χ2n) is 9.48. The molecule has 0 saturated carbocycles. The molecule has 9 nitrogen and oxygen atoms in total. The topological polar surface area (TPSA) is 125 Å². The summed E-state index contributed by atoms with van der Waals surface area (Å²) in [6.45, 7) is 1.70. The number of aromatic nitrogens is 4. The second-order valence-corrected chi connectivity index (χ2v) is 9.48. The van der Waals surface area contributed by atoms with Gasteiger partial charge in [-0.1, -0.05) is 72.8 Å². The summed E-state index contributed by atoms with van der Waals surface area (Å²) in [5, 5.41) is 26.8. The molecule has 0 aliphatic heterocycles. The molecule has 0 radical (unpaired) electrons. The molecule has 40 heavy (non-hydrogen) atoms. The average Bonchev–Trinajstić information content (AvgIpc) is 3.59. The summed E-state index contributed by atoms with van der Waals surface area (Å²) < 4.78 is 1.47. The number of aliphatic hydroxyl groups excluding tert-OH is 1. The molecule has 0 saturated heterocycles. The van der Waals surface area contributed by atoms with Crippen LogP contribution in [0.25, 0.3) is 11.1 Å². The van der Waals surface area contributed by atoms with Crippen LogP contribution in [0.15, 0.2) is 97.2 Å². The second kappa shape index (κ2) is 11.8. The van der Waals surface area contributed by atoms with E-state index >= 15 is 0 Å². The van der Waals surface area contributed by atoms with E-state index in [9.17, 15) is 14.7 Å². The van der Waals surface area contributed by atoms with Gasteiger partial charge in [0.15, 0.2) is 0 Å². The van der Waals surface area contributed by atoms with Crippen molar-refractivity contribution < 1.29 is 14.7 Å². The molecule has 1 atom stereocenters. The summed E-state index contributed by atoms with van der Waals surface area (Å²) in [4.78, 5) is 27.3. The molecule has 0 unspecified atom stereocenters. The number of nitrogens with one attached hydrogen (secondary N) is 3. The zero-order valence-corrected chi connectivity index (χ0v) is 22.2. The van der Waals surface area contributed by atoms with Gasteiger partial charge >= 0.3 is 0 Å². The molecule has 5 rings (SSSR count). The molecule has 0 aliphatic carbocycles. The number of rotatable bonds is 9. The van der Waals surface area contributed by atoms with E-state index in [1.54, 1.807) is 31.4 Å². The third-order valence-corrected chi connectivity index (χ3v) is 6.89. The minimum atomic E-state index is -0.941. The summed E-state index contributed by atoms with van der Waals surface area (Å²) >= 11 is 0. The third-order valence-electron chi connectivity index (χ3n) is 6.89. The van der Waals surface area contributed by atoms with Crippen molar-refractivity contribution in [2.45, 2.75) is 25.5 Å². The monoisotopic (exact) mass is 534 g/mol. The quantitative estimate of drug-likeness (QED) is 0.226. The maximum Gasteiger partial charge on any atom is 0.270 e. The predicted molar refractivity (Wildman–Crippen MR) is 153 cm³/mol. The Labute approximate surface area is 231 Å². The lowest BCUT2D eigenvalue weighted by Crippen LogP contribution is -2.48. The maximum absolute atomic E-state index is 14.0. The number of benzene rings is 3. The molecule has 2 aromatic heterocycles. The lowest BCUT2D eigenvalue weighted by molar-refractivity contribution is -0.118. The number of anilines is 1. The Hall–Kier alpha value is -5.02. The summed E-state index contributed by atoms with van der Waals surface area (Å²) in [5.74, 6) is -1.23. The van der Waals surface area contributed by atoms with E-state index in [1.165, 1.54) is 4.68 Å². The summed E-state index contributed by atoms with van der Waals surface area (Å²) in [6.07, 6.45) is 1.54. The van der Waals surface area contributed by atoms with Crippen molar-refractivity contribution in [1.82, 2.24) is 25.3 Å². The Morgan fingerprint density at radius 3 is 2.10 bits per heavy atom. The molecule has 0 aliphatic rings. The lowest BCUT2D eigenvalue weighted by Gasteiger charge is -2.28. The molecule has 0 bridgehead atoms. The zero-order chi connectivity index (χ0) is 28.1. The van der Waals surface area contributed by atoms with Gasteiger partial charge in [0.05, 0.1) is 18.0 Å². The number of amides is 2. The number of hydrogen-bond donors (Lipinski definition) is 4. The Balaban J connectivity index is 1.49. The van der Waals surface area contributed by atoms with Gasteiger partial charge in [0.25, 0.3) is 5.91 Å². The Bertz CT molecular complexity index is 1550. The first-order valence-electron chi connectivity index (χ1n) is 12.9. The lowest BCUT2D eigenvalue weighted by atomic mass is 9.84. The van der Waals surface area contributed by atoms with Gasteiger partial charge in [-0.05, 0) is 41.8 Å². The van der Waals surface area contributed by atoms with E-state index in [0.29, 0.717) is 17.1 Å². The average molecular weight is 535 g/mol. The Morgan fingerprint density at radius 2 is 1.55 bits per heavy atom. The van der Waals surface area contributed by atoms with Crippen LogP contribution < -0.4 is 10.6 Å². The number of aromatic amines is 1. The molecule has 2 heterocycles. The minimum absolute atomic E-state index is 0.160. The number of hydrogen-bond acceptors (Lipinski definition) is 5. The largest absolute Gasteiger partial charge is 0.390 e. The summed E-state index contributed by atoms with van der Waals surface area (Å²) in [5.41, 5.74) is 5.78. The molecular weight excluding hydrogens is 504 g/mol. The smallest absolute Gasteiger partial charge is 0.270 e. The van der Waals surface area contributed by atoms with Gasteiger partial charge in [-0.25, -0.2) is 0 Å². The fraction of sp³-hybridized carbons (Fsp3) is 0.161. The molecule has 0 fully saturated rings.